The molecule has 19 heavy (non-hydrogen) atoms. The largest absolute Gasteiger partial charge is 0.314 e. The van der Waals surface area contributed by atoms with Gasteiger partial charge < -0.3 is 4.57 Å². The zero-order chi connectivity index (χ0) is 12.8. The molecular weight excluding hydrogens is 308 g/mol. The van der Waals surface area contributed by atoms with Crippen LogP contribution in [0.3, 0.4) is 0 Å². The highest BCUT2D eigenvalue weighted by atomic mass is 79.9. The van der Waals surface area contributed by atoms with Gasteiger partial charge >= 0.3 is 0 Å². The van der Waals surface area contributed by atoms with E-state index in [1.807, 2.05) is 17.1 Å². The molecule has 2 aliphatic rings. The minimum Gasteiger partial charge on any atom is -0.314 e. The number of nitrogens with zero attached hydrogens (tertiary/aromatic N) is 6. The molecule has 100 valence electrons. The summed E-state index contributed by atoms with van der Waals surface area (Å²) in [5.74, 6) is 2.27. The van der Waals surface area contributed by atoms with E-state index in [2.05, 4.69) is 40.7 Å². The highest BCUT2D eigenvalue weighted by Crippen LogP contribution is 2.24. The van der Waals surface area contributed by atoms with Crippen LogP contribution >= 0.6 is 15.9 Å². The molecule has 0 radical (unpaired) electrons. The van der Waals surface area contributed by atoms with Gasteiger partial charge in [-0.3, -0.25) is 9.58 Å². The van der Waals surface area contributed by atoms with Crippen molar-refractivity contribution in [1.29, 1.82) is 0 Å². The molecular formula is C12H15BrN6. The van der Waals surface area contributed by atoms with Gasteiger partial charge in [-0.05, 0) is 22.4 Å². The number of fused-ring (bicyclic) bond motifs is 1. The number of hydrogen-bond acceptors (Lipinski definition) is 4. The fourth-order valence-corrected chi connectivity index (χ4v) is 3.18. The lowest BCUT2D eigenvalue weighted by molar-refractivity contribution is 0.0868. The zero-order valence-electron chi connectivity index (χ0n) is 10.5. The molecule has 0 amide bonds. The summed E-state index contributed by atoms with van der Waals surface area (Å²) in [6.45, 7) is 4.07. The predicted molar refractivity (Wildman–Crippen MR) is 72.6 cm³/mol. The summed E-state index contributed by atoms with van der Waals surface area (Å²) in [6.07, 6.45) is 6.17. The van der Waals surface area contributed by atoms with E-state index < -0.39 is 0 Å². The summed E-state index contributed by atoms with van der Waals surface area (Å²) < 4.78 is 5.35. The van der Waals surface area contributed by atoms with E-state index in [0.717, 1.165) is 48.7 Å². The molecule has 0 aliphatic carbocycles. The lowest BCUT2D eigenvalue weighted by atomic mass is 10.1. The SMILES string of the molecule is Brc1cnn(C2CN(Cc3nnc4n3CCC4)C2)c1. The zero-order valence-corrected chi connectivity index (χ0v) is 12.1. The average Bonchev–Trinajstić information content (AvgIpc) is 3.00. The first-order valence-corrected chi connectivity index (χ1v) is 7.42. The fraction of sp³-hybridized carbons (Fsp3) is 0.583. The van der Waals surface area contributed by atoms with Crippen LogP contribution in [0.15, 0.2) is 16.9 Å². The molecule has 0 unspecified atom stereocenters. The third-order valence-electron chi connectivity index (χ3n) is 3.93. The number of rotatable bonds is 3. The van der Waals surface area contributed by atoms with Gasteiger partial charge in [0.15, 0.2) is 0 Å². The van der Waals surface area contributed by atoms with Gasteiger partial charge in [-0.1, -0.05) is 0 Å². The summed E-state index contributed by atoms with van der Waals surface area (Å²) in [6, 6.07) is 0.493. The first-order chi connectivity index (χ1) is 9.29. The summed E-state index contributed by atoms with van der Waals surface area (Å²) in [7, 11) is 0. The Morgan fingerprint density at radius 2 is 2.21 bits per heavy atom. The first-order valence-electron chi connectivity index (χ1n) is 6.62. The Hall–Kier alpha value is -1.21. The molecule has 7 heteroatoms. The van der Waals surface area contributed by atoms with E-state index in [9.17, 15) is 0 Å². The molecule has 2 aromatic heterocycles. The molecule has 2 aromatic rings. The van der Waals surface area contributed by atoms with Crippen molar-refractivity contribution in [2.75, 3.05) is 13.1 Å². The number of halogens is 1. The number of aromatic nitrogens is 5. The van der Waals surface area contributed by atoms with Gasteiger partial charge in [-0.25, -0.2) is 0 Å². The first kappa shape index (κ1) is 11.6. The number of aryl methyl sites for hydroxylation is 1. The maximum atomic E-state index is 4.34. The summed E-state index contributed by atoms with van der Waals surface area (Å²) in [5.41, 5.74) is 0. The molecule has 0 spiro atoms. The van der Waals surface area contributed by atoms with Crippen molar-refractivity contribution in [3.8, 4) is 0 Å². The third-order valence-corrected chi connectivity index (χ3v) is 4.34. The average molecular weight is 323 g/mol. The Morgan fingerprint density at radius 3 is 3.00 bits per heavy atom. The van der Waals surface area contributed by atoms with Crippen molar-refractivity contribution in [3.63, 3.8) is 0 Å². The lowest BCUT2D eigenvalue weighted by Gasteiger charge is -2.38. The summed E-state index contributed by atoms with van der Waals surface area (Å²) in [5, 5.41) is 12.9. The second-order valence-electron chi connectivity index (χ2n) is 5.27. The van der Waals surface area contributed by atoms with E-state index in [1.165, 1.54) is 6.42 Å². The second-order valence-corrected chi connectivity index (χ2v) is 6.19. The van der Waals surface area contributed by atoms with Gasteiger partial charge in [0, 0.05) is 32.3 Å². The topological polar surface area (TPSA) is 51.8 Å². The van der Waals surface area contributed by atoms with E-state index in [-0.39, 0.29) is 0 Å². The smallest absolute Gasteiger partial charge is 0.147 e. The maximum absolute atomic E-state index is 4.34. The van der Waals surface area contributed by atoms with Crippen LogP contribution in [0.5, 0.6) is 0 Å². The molecule has 0 N–H and O–H groups in total. The van der Waals surface area contributed by atoms with Crippen LogP contribution in [-0.4, -0.2) is 42.5 Å². The Bertz CT molecular complexity index is 597. The monoisotopic (exact) mass is 322 g/mol. The van der Waals surface area contributed by atoms with Crippen LogP contribution in [0.1, 0.15) is 24.1 Å². The fourth-order valence-electron chi connectivity index (χ4n) is 2.88. The van der Waals surface area contributed by atoms with Gasteiger partial charge in [0.2, 0.25) is 0 Å². The van der Waals surface area contributed by atoms with Crippen LogP contribution in [0.2, 0.25) is 0 Å². The van der Waals surface area contributed by atoms with Crippen molar-refractivity contribution in [3.05, 3.63) is 28.5 Å². The molecule has 0 bridgehead atoms. The highest BCUT2D eigenvalue weighted by molar-refractivity contribution is 9.10. The van der Waals surface area contributed by atoms with E-state index >= 15 is 0 Å². The van der Waals surface area contributed by atoms with Crippen molar-refractivity contribution in [1.82, 2.24) is 29.4 Å². The minimum absolute atomic E-state index is 0.493. The molecule has 0 saturated carbocycles. The second kappa shape index (κ2) is 4.42. The van der Waals surface area contributed by atoms with Gasteiger partial charge in [0.1, 0.15) is 11.6 Å². The Labute approximate surface area is 119 Å². The van der Waals surface area contributed by atoms with E-state index in [0.29, 0.717) is 6.04 Å². The Kier molecular flexibility index (Phi) is 2.70. The van der Waals surface area contributed by atoms with Gasteiger partial charge in [-0.2, -0.15) is 5.10 Å². The third kappa shape index (κ3) is 2.01. The number of hydrogen-bond donors (Lipinski definition) is 0. The van der Waals surface area contributed by atoms with Crippen molar-refractivity contribution in [2.24, 2.45) is 0 Å². The van der Waals surface area contributed by atoms with Crippen molar-refractivity contribution in [2.45, 2.75) is 32.0 Å². The van der Waals surface area contributed by atoms with Crippen molar-refractivity contribution >= 4 is 15.9 Å². The Morgan fingerprint density at radius 1 is 1.32 bits per heavy atom. The maximum Gasteiger partial charge on any atom is 0.147 e. The molecule has 4 rings (SSSR count). The highest BCUT2D eigenvalue weighted by Gasteiger charge is 2.30. The molecule has 6 nitrogen and oxygen atoms in total. The normalized spacial score (nSPS) is 19.6. The molecule has 1 saturated heterocycles. The quantitative estimate of drug-likeness (QED) is 0.853. The standard InChI is InChI=1S/C12H15BrN6/c13-9-4-14-19(5-9)10-6-17(7-10)8-12-16-15-11-2-1-3-18(11)12/h4-5,10H,1-3,6-8H2. The van der Waals surface area contributed by atoms with E-state index in [1.54, 1.807) is 0 Å². The number of likely N-dealkylation sites (tertiary alicyclic amines) is 1. The Balaban J connectivity index is 1.39. The van der Waals surface area contributed by atoms with Crippen LogP contribution in [0.25, 0.3) is 0 Å². The molecule has 1 fully saturated rings. The molecule has 2 aliphatic heterocycles. The molecule has 0 aromatic carbocycles. The van der Waals surface area contributed by atoms with Gasteiger partial charge in [0.25, 0.3) is 0 Å². The van der Waals surface area contributed by atoms with Crippen LogP contribution in [-0.2, 0) is 19.5 Å². The van der Waals surface area contributed by atoms with E-state index in [4.69, 9.17) is 0 Å². The lowest BCUT2D eigenvalue weighted by Crippen LogP contribution is -2.47. The molecule has 0 atom stereocenters. The van der Waals surface area contributed by atoms with Gasteiger partial charge in [-0.15, -0.1) is 10.2 Å². The summed E-state index contributed by atoms with van der Waals surface area (Å²) in [4.78, 5) is 2.40. The van der Waals surface area contributed by atoms with Crippen molar-refractivity contribution < 1.29 is 0 Å². The minimum atomic E-state index is 0.493. The van der Waals surface area contributed by atoms with Crippen LogP contribution in [0, 0.1) is 0 Å². The molecule has 4 heterocycles. The van der Waals surface area contributed by atoms with Crippen LogP contribution < -0.4 is 0 Å². The predicted octanol–water partition coefficient (Wildman–Crippen LogP) is 1.24. The van der Waals surface area contributed by atoms with Crippen LogP contribution in [0.4, 0.5) is 0 Å². The summed E-state index contributed by atoms with van der Waals surface area (Å²) >= 11 is 3.43. The van der Waals surface area contributed by atoms with Gasteiger partial charge in [0.05, 0.1) is 23.3 Å².